The second-order valence-electron chi connectivity index (χ2n) is 6.99. The Morgan fingerprint density at radius 3 is 2.76 bits per heavy atom. The van der Waals surface area contributed by atoms with Crippen LogP contribution in [0.25, 0.3) is 0 Å². The molecule has 0 aromatic carbocycles. The van der Waals surface area contributed by atoms with Gasteiger partial charge >= 0.3 is 0 Å². The van der Waals surface area contributed by atoms with E-state index in [2.05, 4.69) is 46.6 Å². The van der Waals surface area contributed by atoms with E-state index in [0.29, 0.717) is 6.04 Å². The minimum Gasteiger partial charge on any atom is -0.350 e. The van der Waals surface area contributed by atoms with Crippen LogP contribution in [0.5, 0.6) is 0 Å². The van der Waals surface area contributed by atoms with Crippen LogP contribution in [0.1, 0.15) is 75.8 Å². The van der Waals surface area contributed by atoms with Gasteiger partial charge in [0.2, 0.25) is 0 Å². The number of nitrogens with one attached hydrogen (secondary N) is 1. The van der Waals surface area contributed by atoms with Gasteiger partial charge in [0.15, 0.2) is 0 Å². The van der Waals surface area contributed by atoms with Gasteiger partial charge in [-0.25, -0.2) is 0 Å². The van der Waals surface area contributed by atoms with Crippen LogP contribution in [0.15, 0.2) is 16.7 Å². The summed E-state index contributed by atoms with van der Waals surface area (Å²) in [6.07, 6.45) is 9.31. The molecule has 1 aromatic heterocycles. The molecule has 0 bridgehead atoms. The fraction of sp³-hybridized carbons (Fsp3) is 0.706. The van der Waals surface area contributed by atoms with Crippen molar-refractivity contribution in [3.05, 3.63) is 22.4 Å². The third-order valence-corrected chi connectivity index (χ3v) is 4.61. The van der Waals surface area contributed by atoms with Crippen molar-refractivity contribution in [1.82, 2.24) is 9.88 Å². The average Bonchev–Trinajstić information content (AvgIpc) is 3.19. The lowest BCUT2D eigenvalue weighted by Crippen LogP contribution is -2.35. The highest BCUT2D eigenvalue weighted by Gasteiger charge is 2.28. The topological polar surface area (TPSA) is 34.0 Å². The maximum absolute atomic E-state index is 12.4. The van der Waals surface area contributed by atoms with Crippen molar-refractivity contribution in [2.45, 2.75) is 65.3 Å². The van der Waals surface area contributed by atoms with Crippen molar-refractivity contribution in [1.29, 1.82) is 0 Å². The third-order valence-electron chi connectivity index (χ3n) is 4.17. The normalized spacial score (nSPS) is 15.2. The predicted molar refractivity (Wildman–Crippen MR) is 90.7 cm³/mol. The predicted octanol–water partition coefficient (Wildman–Crippen LogP) is 4.92. The van der Waals surface area contributed by atoms with Gasteiger partial charge < -0.3 is 9.88 Å². The van der Waals surface area contributed by atoms with Gasteiger partial charge in [0.1, 0.15) is 5.69 Å². The van der Waals surface area contributed by atoms with Gasteiger partial charge in [-0.15, -0.1) is 0 Å². The van der Waals surface area contributed by atoms with E-state index in [1.165, 1.54) is 32.1 Å². The maximum Gasteiger partial charge on any atom is 0.267 e. The molecule has 1 saturated carbocycles. The largest absolute Gasteiger partial charge is 0.350 e. The first-order valence-corrected chi connectivity index (χ1v) is 8.88. The summed E-state index contributed by atoms with van der Waals surface area (Å²) in [5.41, 5.74) is 0.952. The molecule has 3 nitrogen and oxygen atoms in total. The van der Waals surface area contributed by atoms with Gasteiger partial charge in [0, 0.05) is 23.3 Å². The number of halogens is 1. The summed E-state index contributed by atoms with van der Waals surface area (Å²) in [6.45, 7) is 7.43. The van der Waals surface area contributed by atoms with E-state index in [0.717, 1.165) is 23.1 Å². The number of carbonyl (C=O) groups is 1. The summed E-state index contributed by atoms with van der Waals surface area (Å²) in [5.74, 6) is 0.0520. The molecule has 1 fully saturated rings. The Kier molecular flexibility index (Phi) is 5.53. The highest BCUT2D eigenvalue weighted by Crippen LogP contribution is 2.37. The van der Waals surface area contributed by atoms with Crippen molar-refractivity contribution < 1.29 is 4.79 Å². The fourth-order valence-corrected chi connectivity index (χ4v) is 3.07. The Morgan fingerprint density at radius 1 is 1.43 bits per heavy atom. The van der Waals surface area contributed by atoms with E-state index in [4.69, 9.17) is 0 Å². The number of amides is 1. The van der Waals surface area contributed by atoms with E-state index in [-0.39, 0.29) is 11.3 Å². The van der Waals surface area contributed by atoms with Crippen molar-refractivity contribution in [3.63, 3.8) is 0 Å². The molecular weight excluding hydrogens is 328 g/mol. The molecular formula is C17H27BrN2O. The number of rotatable bonds is 8. The lowest BCUT2D eigenvalue weighted by molar-refractivity contribution is 0.0924. The molecule has 1 heterocycles. The third kappa shape index (κ3) is 4.87. The minimum atomic E-state index is 0.0520. The lowest BCUT2D eigenvalue weighted by atomic mass is 9.87. The summed E-state index contributed by atoms with van der Waals surface area (Å²) in [6, 6.07) is 2.45. The SMILES string of the molecule is CCCCCC(C)(C)CNC(=O)c1cc(Br)cn1C1CC1. The van der Waals surface area contributed by atoms with Crippen LogP contribution in [-0.2, 0) is 0 Å². The van der Waals surface area contributed by atoms with Crippen LogP contribution >= 0.6 is 15.9 Å². The van der Waals surface area contributed by atoms with Crippen molar-refractivity contribution in [3.8, 4) is 0 Å². The Balaban J connectivity index is 1.89. The first-order valence-electron chi connectivity index (χ1n) is 8.08. The molecule has 1 aromatic rings. The number of unbranched alkanes of at least 4 members (excludes halogenated alkanes) is 2. The highest BCUT2D eigenvalue weighted by molar-refractivity contribution is 9.10. The molecule has 21 heavy (non-hydrogen) atoms. The van der Waals surface area contributed by atoms with Crippen LogP contribution < -0.4 is 5.32 Å². The number of aromatic nitrogens is 1. The van der Waals surface area contributed by atoms with Gasteiger partial charge in [0.05, 0.1) is 0 Å². The molecule has 0 unspecified atom stereocenters. The van der Waals surface area contributed by atoms with Crippen molar-refractivity contribution in [2.75, 3.05) is 6.54 Å². The van der Waals surface area contributed by atoms with E-state index in [9.17, 15) is 4.79 Å². The monoisotopic (exact) mass is 354 g/mol. The molecule has 4 heteroatoms. The second kappa shape index (κ2) is 6.99. The van der Waals surface area contributed by atoms with Gasteiger partial charge in [-0.05, 0) is 46.7 Å². The van der Waals surface area contributed by atoms with E-state index in [1.54, 1.807) is 0 Å². The van der Waals surface area contributed by atoms with Gasteiger partial charge in [-0.3, -0.25) is 4.79 Å². The summed E-state index contributed by atoms with van der Waals surface area (Å²) in [4.78, 5) is 12.4. The highest BCUT2D eigenvalue weighted by atomic mass is 79.9. The Hall–Kier alpha value is -0.770. The summed E-state index contributed by atoms with van der Waals surface area (Å²) < 4.78 is 3.10. The molecule has 0 radical (unpaired) electrons. The molecule has 0 saturated heterocycles. The zero-order valence-corrected chi connectivity index (χ0v) is 15.0. The lowest BCUT2D eigenvalue weighted by Gasteiger charge is -2.25. The van der Waals surface area contributed by atoms with Crippen molar-refractivity contribution >= 4 is 21.8 Å². The van der Waals surface area contributed by atoms with Crippen LogP contribution in [0.3, 0.4) is 0 Å². The van der Waals surface area contributed by atoms with Crippen LogP contribution in [0, 0.1) is 5.41 Å². The second-order valence-corrected chi connectivity index (χ2v) is 7.90. The van der Waals surface area contributed by atoms with Crippen LogP contribution in [0.4, 0.5) is 0 Å². The number of carbonyl (C=O) groups excluding carboxylic acids is 1. The van der Waals surface area contributed by atoms with Crippen LogP contribution in [0.2, 0.25) is 0 Å². The summed E-state index contributed by atoms with van der Waals surface area (Å²) in [7, 11) is 0. The van der Waals surface area contributed by atoms with Gasteiger partial charge in [0.25, 0.3) is 5.91 Å². The van der Waals surface area contributed by atoms with E-state index >= 15 is 0 Å². The van der Waals surface area contributed by atoms with Gasteiger partial charge in [-0.2, -0.15) is 0 Å². The van der Waals surface area contributed by atoms with E-state index in [1.807, 2.05) is 12.3 Å². The standard InChI is InChI=1S/C17H27BrN2O/c1-4-5-6-9-17(2,3)12-19-16(21)15-10-13(18)11-20(15)14-7-8-14/h10-11,14H,4-9,12H2,1-3H3,(H,19,21). The minimum absolute atomic E-state index is 0.0520. The molecule has 1 aliphatic carbocycles. The molecule has 0 spiro atoms. The number of hydrogen-bond donors (Lipinski definition) is 1. The average molecular weight is 355 g/mol. The number of nitrogens with zero attached hydrogens (tertiary/aromatic N) is 1. The van der Waals surface area contributed by atoms with Gasteiger partial charge in [-0.1, -0.05) is 40.0 Å². The molecule has 118 valence electrons. The zero-order chi connectivity index (χ0) is 15.5. The summed E-state index contributed by atoms with van der Waals surface area (Å²) >= 11 is 3.48. The van der Waals surface area contributed by atoms with Crippen LogP contribution in [-0.4, -0.2) is 17.0 Å². The summed E-state index contributed by atoms with van der Waals surface area (Å²) in [5, 5.41) is 3.12. The molecule has 1 amide bonds. The molecule has 0 aliphatic heterocycles. The first-order chi connectivity index (χ1) is 9.93. The molecule has 1 aliphatic rings. The molecule has 2 rings (SSSR count). The fourth-order valence-electron chi connectivity index (χ4n) is 2.63. The Bertz CT molecular complexity index is 489. The first kappa shape index (κ1) is 16.6. The van der Waals surface area contributed by atoms with E-state index < -0.39 is 0 Å². The van der Waals surface area contributed by atoms with Crippen molar-refractivity contribution in [2.24, 2.45) is 5.41 Å². The molecule has 0 atom stereocenters. The number of hydrogen-bond acceptors (Lipinski definition) is 1. The Morgan fingerprint density at radius 2 is 2.14 bits per heavy atom. The smallest absolute Gasteiger partial charge is 0.267 e. The Labute approximate surface area is 136 Å². The molecule has 1 N–H and O–H groups in total. The quantitative estimate of drug-likeness (QED) is 0.660. The maximum atomic E-state index is 12.4. The zero-order valence-electron chi connectivity index (χ0n) is 13.4.